The lowest BCUT2D eigenvalue weighted by Crippen LogP contribution is -2.05. The van der Waals surface area contributed by atoms with Gasteiger partial charge >= 0.3 is 0 Å². The smallest absolute Gasteiger partial charge is 0.161 e. The molecule has 0 aliphatic rings. The van der Waals surface area contributed by atoms with Crippen LogP contribution in [0.25, 0.3) is 0 Å². The van der Waals surface area contributed by atoms with Crippen LogP contribution >= 0.6 is 0 Å². The summed E-state index contributed by atoms with van der Waals surface area (Å²) < 4.78 is 16.3. The van der Waals surface area contributed by atoms with Gasteiger partial charge in [0.1, 0.15) is 5.75 Å². The summed E-state index contributed by atoms with van der Waals surface area (Å²) >= 11 is 0. The lowest BCUT2D eigenvalue weighted by Gasteiger charge is -2.14. The van der Waals surface area contributed by atoms with E-state index in [1.54, 1.807) is 14.2 Å². The van der Waals surface area contributed by atoms with E-state index in [1.807, 2.05) is 49.4 Å². The Morgan fingerprint density at radius 1 is 1.04 bits per heavy atom. The second kappa shape index (κ2) is 8.09. The fourth-order valence-electron chi connectivity index (χ4n) is 2.34. The third-order valence-electron chi connectivity index (χ3n) is 3.64. The molecule has 0 amide bonds. The van der Waals surface area contributed by atoms with Crippen LogP contribution in [-0.2, 0) is 0 Å². The van der Waals surface area contributed by atoms with Crippen molar-refractivity contribution >= 4 is 0 Å². The minimum atomic E-state index is -0.235. The van der Waals surface area contributed by atoms with Crippen LogP contribution < -0.4 is 14.2 Å². The zero-order valence-corrected chi connectivity index (χ0v) is 13.7. The second-order valence-electron chi connectivity index (χ2n) is 5.25. The minimum Gasteiger partial charge on any atom is -0.497 e. The van der Waals surface area contributed by atoms with Gasteiger partial charge in [0.2, 0.25) is 0 Å². The van der Waals surface area contributed by atoms with E-state index in [9.17, 15) is 5.26 Å². The van der Waals surface area contributed by atoms with Crippen molar-refractivity contribution < 1.29 is 14.2 Å². The Morgan fingerprint density at radius 2 is 1.87 bits per heavy atom. The number of benzene rings is 2. The van der Waals surface area contributed by atoms with Crippen molar-refractivity contribution in [3.63, 3.8) is 0 Å². The fourth-order valence-corrected chi connectivity index (χ4v) is 2.34. The molecule has 4 heteroatoms. The summed E-state index contributed by atoms with van der Waals surface area (Å²) in [5.41, 5.74) is 2.05. The van der Waals surface area contributed by atoms with Crippen LogP contribution in [-0.4, -0.2) is 20.8 Å². The SMILES string of the molecule is COc1cccc(C(C#N)CCOc2ccc(C)cc2OC)c1. The van der Waals surface area contributed by atoms with E-state index in [-0.39, 0.29) is 5.92 Å². The second-order valence-corrected chi connectivity index (χ2v) is 5.25. The molecule has 0 bridgehead atoms. The molecule has 4 nitrogen and oxygen atoms in total. The van der Waals surface area contributed by atoms with Crippen molar-refractivity contribution in [2.24, 2.45) is 0 Å². The van der Waals surface area contributed by atoms with Gasteiger partial charge in [0.05, 0.1) is 32.8 Å². The number of rotatable bonds is 7. The summed E-state index contributed by atoms with van der Waals surface area (Å²) in [6.45, 7) is 2.44. The normalized spacial score (nSPS) is 11.4. The number of nitriles is 1. The largest absolute Gasteiger partial charge is 0.497 e. The van der Waals surface area contributed by atoms with E-state index in [1.165, 1.54) is 0 Å². The highest BCUT2D eigenvalue weighted by molar-refractivity contribution is 5.42. The Bertz CT molecular complexity index is 691. The van der Waals surface area contributed by atoms with E-state index < -0.39 is 0 Å². The molecule has 0 aliphatic carbocycles. The predicted molar refractivity (Wildman–Crippen MR) is 89.2 cm³/mol. The number of nitrogens with zero attached hydrogens (tertiary/aromatic N) is 1. The molecule has 23 heavy (non-hydrogen) atoms. The maximum absolute atomic E-state index is 9.41. The zero-order chi connectivity index (χ0) is 16.7. The molecule has 2 rings (SSSR count). The van der Waals surface area contributed by atoms with Crippen LogP contribution in [0.5, 0.6) is 17.2 Å². The van der Waals surface area contributed by atoms with Crippen LogP contribution in [0.4, 0.5) is 0 Å². The topological polar surface area (TPSA) is 51.5 Å². The van der Waals surface area contributed by atoms with Crippen molar-refractivity contribution in [1.29, 1.82) is 5.26 Å². The van der Waals surface area contributed by atoms with E-state index in [0.717, 1.165) is 16.9 Å². The van der Waals surface area contributed by atoms with E-state index >= 15 is 0 Å². The molecule has 2 aromatic rings. The first-order chi connectivity index (χ1) is 11.2. The quantitative estimate of drug-likeness (QED) is 0.773. The predicted octanol–water partition coefficient (Wildman–Crippen LogP) is 4.09. The number of ether oxygens (including phenoxy) is 3. The summed E-state index contributed by atoms with van der Waals surface area (Å²) in [6.07, 6.45) is 0.598. The number of hydrogen-bond donors (Lipinski definition) is 0. The van der Waals surface area contributed by atoms with Gasteiger partial charge in [-0.25, -0.2) is 0 Å². The maximum atomic E-state index is 9.41. The number of methoxy groups -OCH3 is 2. The first kappa shape index (κ1) is 16.7. The van der Waals surface area contributed by atoms with Crippen molar-refractivity contribution in [3.05, 3.63) is 53.6 Å². The molecule has 1 atom stereocenters. The molecular formula is C19H21NO3. The molecule has 0 aromatic heterocycles. The summed E-state index contributed by atoms with van der Waals surface area (Å²) in [4.78, 5) is 0. The highest BCUT2D eigenvalue weighted by Gasteiger charge is 2.12. The molecule has 0 heterocycles. The molecule has 0 saturated heterocycles. The lowest BCUT2D eigenvalue weighted by atomic mass is 9.97. The molecule has 0 fully saturated rings. The molecule has 120 valence electrons. The standard InChI is InChI=1S/C19H21NO3/c1-14-7-8-18(19(11-14)22-3)23-10-9-16(13-20)15-5-4-6-17(12-15)21-2/h4-8,11-12,16H,9-10H2,1-3H3. The van der Waals surface area contributed by atoms with Crippen LogP contribution in [0.3, 0.4) is 0 Å². The molecular weight excluding hydrogens is 290 g/mol. The number of aryl methyl sites for hydroxylation is 1. The van der Waals surface area contributed by atoms with Gasteiger partial charge in [-0.05, 0) is 42.3 Å². The lowest BCUT2D eigenvalue weighted by molar-refractivity contribution is 0.285. The molecule has 1 unspecified atom stereocenters. The van der Waals surface area contributed by atoms with E-state index in [4.69, 9.17) is 14.2 Å². The van der Waals surface area contributed by atoms with Gasteiger partial charge in [-0.15, -0.1) is 0 Å². The van der Waals surface area contributed by atoms with Gasteiger partial charge in [0.15, 0.2) is 11.5 Å². The summed E-state index contributed by atoms with van der Waals surface area (Å²) in [6, 6.07) is 15.7. The Kier molecular flexibility index (Phi) is 5.87. The Balaban J connectivity index is 2.00. The molecule has 0 N–H and O–H groups in total. The first-order valence-corrected chi connectivity index (χ1v) is 7.49. The Morgan fingerprint density at radius 3 is 2.57 bits per heavy atom. The molecule has 0 radical (unpaired) electrons. The van der Waals surface area contributed by atoms with Crippen LogP contribution in [0, 0.1) is 18.3 Å². The van der Waals surface area contributed by atoms with Crippen molar-refractivity contribution in [3.8, 4) is 23.3 Å². The molecule has 0 saturated carbocycles. The van der Waals surface area contributed by atoms with E-state index in [2.05, 4.69) is 6.07 Å². The van der Waals surface area contributed by atoms with Crippen LogP contribution in [0.1, 0.15) is 23.5 Å². The van der Waals surface area contributed by atoms with Gasteiger partial charge < -0.3 is 14.2 Å². The average Bonchev–Trinajstić information content (AvgIpc) is 2.59. The average molecular weight is 311 g/mol. The summed E-state index contributed by atoms with van der Waals surface area (Å²) in [5, 5.41) is 9.41. The van der Waals surface area contributed by atoms with E-state index in [0.29, 0.717) is 24.5 Å². The molecule has 0 spiro atoms. The third kappa shape index (κ3) is 4.40. The maximum Gasteiger partial charge on any atom is 0.161 e. The zero-order valence-electron chi connectivity index (χ0n) is 13.7. The third-order valence-corrected chi connectivity index (χ3v) is 3.64. The van der Waals surface area contributed by atoms with Crippen LogP contribution in [0.15, 0.2) is 42.5 Å². The Hall–Kier alpha value is -2.67. The van der Waals surface area contributed by atoms with Gasteiger partial charge in [-0.3, -0.25) is 0 Å². The highest BCUT2D eigenvalue weighted by Crippen LogP contribution is 2.29. The Labute approximate surface area is 137 Å². The van der Waals surface area contributed by atoms with Gasteiger partial charge in [-0.2, -0.15) is 5.26 Å². The first-order valence-electron chi connectivity index (χ1n) is 7.49. The van der Waals surface area contributed by atoms with Gasteiger partial charge in [0, 0.05) is 6.42 Å². The summed E-state index contributed by atoms with van der Waals surface area (Å²) in [5.74, 6) is 1.92. The highest BCUT2D eigenvalue weighted by atomic mass is 16.5. The fraction of sp³-hybridized carbons (Fsp3) is 0.316. The molecule has 2 aromatic carbocycles. The van der Waals surface area contributed by atoms with Crippen molar-refractivity contribution in [1.82, 2.24) is 0 Å². The summed E-state index contributed by atoms with van der Waals surface area (Å²) in [7, 11) is 3.24. The van der Waals surface area contributed by atoms with Crippen molar-refractivity contribution in [2.45, 2.75) is 19.3 Å². The monoisotopic (exact) mass is 311 g/mol. The number of hydrogen-bond acceptors (Lipinski definition) is 4. The van der Waals surface area contributed by atoms with Crippen LogP contribution in [0.2, 0.25) is 0 Å². The van der Waals surface area contributed by atoms with Gasteiger partial charge in [-0.1, -0.05) is 18.2 Å². The molecule has 0 aliphatic heterocycles. The minimum absolute atomic E-state index is 0.235. The van der Waals surface area contributed by atoms with Gasteiger partial charge in [0.25, 0.3) is 0 Å². The van der Waals surface area contributed by atoms with Crippen molar-refractivity contribution in [2.75, 3.05) is 20.8 Å².